The molecule has 634 valence electrons. The largest absolute Gasteiger partial charge is 0.477 e. The van der Waals surface area contributed by atoms with Crippen LogP contribution in [-0.4, -0.2) is 87.4 Å². The summed E-state index contributed by atoms with van der Waals surface area (Å²) in [5.74, 6) is -1.96. The fourth-order valence-electron chi connectivity index (χ4n) is 15.4. The number of allylic oxidation sites excluding steroid dienone is 4. The first-order valence-electron chi connectivity index (χ1n) is 48.5. The van der Waals surface area contributed by atoms with Crippen molar-refractivity contribution in [3.05, 3.63) is 24.3 Å². The predicted molar refractivity (Wildman–Crippen MR) is 466 cm³/mol. The molecule has 2 atom stereocenters. The van der Waals surface area contributed by atoms with Gasteiger partial charge in [0.2, 0.25) is 0 Å². The van der Waals surface area contributed by atoms with Crippen LogP contribution in [0.25, 0.3) is 0 Å². The zero-order valence-electron chi connectivity index (χ0n) is 73.1. The van der Waals surface area contributed by atoms with E-state index in [2.05, 4.69) is 38.2 Å². The highest BCUT2D eigenvalue weighted by Crippen LogP contribution is 2.22. The summed E-state index contributed by atoms with van der Waals surface area (Å²) in [6, 6.07) is 0. The van der Waals surface area contributed by atoms with Gasteiger partial charge >= 0.3 is 17.9 Å². The molecule has 9 heteroatoms. The second-order valence-corrected chi connectivity index (χ2v) is 34.7. The van der Waals surface area contributed by atoms with Crippen molar-refractivity contribution in [2.75, 3.05) is 47.5 Å². The summed E-state index contributed by atoms with van der Waals surface area (Å²) in [4.78, 5) is 37.9. The van der Waals surface area contributed by atoms with Crippen LogP contribution in [0.5, 0.6) is 0 Å². The molecule has 0 saturated heterocycles. The second kappa shape index (κ2) is 89.3. The highest BCUT2D eigenvalue weighted by Gasteiger charge is 2.25. The third-order valence-electron chi connectivity index (χ3n) is 22.7. The van der Waals surface area contributed by atoms with Crippen molar-refractivity contribution < 1.29 is 42.9 Å². The maximum atomic E-state index is 13.0. The number of hydrogen-bond donors (Lipinski definition) is 1. The number of nitrogens with zero attached hydrogens (tertiary/aromatic N) is 1. The van der Waals surface area contributed by atoms with Gasteiger partial charge in [0.15, 0.2) is 6.10 Å². The molecular weight excluding hydrogens is 1320 g/mol. The van der Waals surface area contributed by atoms with Gasteiger partial charge in [0.05, 0.1) is 34.4 Å². The summed E-state index contributed by atoms with van der Waals surface area (Å²) in [7, 11) is 6.01. The van der Waals surface area contributed by atoms with Crippen molar-refractivity contribution in [1.29, 1.82) is 0 Å². The van der Waals surface area contributed by atoms with E-state index in [0.717, 1.165) is 44.9 Å². The minimum Gasteiger partial charge on any atom is -0.477 e. The van der Waals surface area contributed by atoms with Gasteiger partial charge in [0.25, 0.3) is 6.29 Å². The molecule has 107 heavy (non-hydrogen) atoms. The van der Waals surface area contributed by atoms with Gasteiger partial charge < -0.3 is 28.5 Å². The lowest BCUT2D eigenvalue weighted by molar-refractivity contribution is -0.870. The predicted octanol–water partition coefficient (Wildman–Crippen LogP) is 32.0. The van der Waals surface area contributed by atoms with E-state index in [1.165, 1.54) is 456 Å². The Hall–Kier alpha value is -2.23. The lowest BCUT2D eigenvalue weighted by atomic mass is 10.0. The second-order valence-electron chi connectivity index (χ2n) is 34.7. The topological polar surface area (TPSA) is 108 Å². The van der Waals surface area contributed by atoms with Gasteiger partial charge in [-0.15, -0.1) is 0 Å². The molecule has 1 N–H and O–H groups in total. The maximum Gasteiger partial charge on any atom is 0.361 e. The first-order valence-corrected chi connectivity index (χ1v) is 48.5. The van der Waals surface area contributed by atoms with Gasteiger partial charge in [-0.25, -0.2) is 4.79 Å². The van der Waals surface area contributed by atoms with Crippen LogP contribution in [0.2, 0.25) is 0 Å². The Morgan fingerprint density at radius 2 is 0.505 bits per heavy atom. The molecular formula is C98H190NO8+. The molecule has 0 radical (unpaired) electrons. The van der Waals surface area contributed by atoms with E-state index in [1.54, 1.807) is 0 Å². The normalized spacial score (nSPS) is 12.6. The molecule has 0 saturated carbocycles. The van der Waals surface area contributed by atoms with Crippen LogP contribution in [0.1, 0.15) is 528 Å². The van der Waals surface area contributed by atoms with Crippen molar-refractivity contribution in [2.45, 2.75) is 540 Å². The number of unbranched alkanes of at least 4 members (excludes halogenated alkanes) is 74. The van der Waals surface area contributed by atoms with Gasteiger partial charge in [0.1, 0.15) is 13.2 Å². The third kappa shape index (κ3) is 90.8. The van der Waals surface area contributed by atoms with Crippen LogP contribution in [0.15, 0.2) is 24.3 Å². The Morgan fingerprint density at radius 3 is 0.738 bits per heavy atom. The van der Waals surface area contributed by atoms with E-state index in [4.69, 9.17) is 18.9 Å². The average Bonchev–Trinajstić information content (AvgIpc) is 0.965. The fourth-order valence-corrected chi connectivity index (χ4v) is 15.4. The molecule has 2 unspecified atom stereocenters. The first kappa shape index (κ1) is 105. The van der Waals surface area contributed by atoms with Crippen molar-refractivity contribution in [3.8, 4) is 0 Å². The number of aliphatic carboxylic acids is 1. The van der Waals surface area contributed by atoms with E-state index in [9.17, 15) is 19.5 Å². The molecule has 0 aromatic rings. The van der Waals surface area contributed by atoms with E-state index in [0.29, 0.717) is 17.4 Å². The number of carboxylic acids is 1. The molecule has 0 rings (SSSR count). The van der Waals surface area contributed by atoms with Gasteiger partial charge in [-0.3, -0.25) is 9.59 Å². The number of ether oxygens (including phenoxy) is 4. The van der Waals surface area contributed by atoms with Crippen LogP contribution in [0, 0.1) is 0 Å². The number of carbonyl (C=O) groups is 3. The maximum absolute atomic E-state index is 13.0. The Morgan fingerprint density at radius 1 is 0.280 bits per heavy atom. The smallest absolute Gasteiger partial charge is 0.361 e. The minimum absolute atomic E-state index is 0.173. The molecule has 0 amide bonds. The summed E-state index contributed by atoms with van der Waals surface area (Å²) < 4.78 is 23.1. The molecule has 0 aliphatic rings. The SMILES string of the molecule is CCCCCCC/C=C\C/C=C\CCCCCCCCCCCCCCCCCCCCCCCCCCCCCCCC(=O)OC(COC(=O)CCCCCCCCCCCCCCCCCCCCCCCCCCCCCCCCCCCCCCCCCCC)COC(OCC[N+](C)(C)C)C(=O)O. The van der Waals surface area contributed by atoms with Crippen LogP contribution in [0.3, 0.4) is 0 Å². The summed E-state index contributed by atoms with van der Waals surface area (Å²) in [6.45, 7) is 4.97. The van der Waals surface area contributed by atoms with Gasteiger partial charge in [0, 0.05) is 12.8 Å². The number of carboxylic acid groups (broad SMARTS) is 1. The van der Waals surface area contributed by atoms with Crippen molar-refractivity contribution >= 4 is 17.9 Å². The summed E-state index contributed by atoms with van der Waals surface area (Å²) in [5, 5.41) is 9.81. The van der Waals surface area contributed by atoms with E-state index in [-0.39, 0.29) is 38.2 Å². The minimum atomic E-state index is -1.51. The molecule has 0 aromatic carbocycles. The zero-order chi connectivity index (χ0) is 77.4. The number of hydrogen-bond acceptors (Lipinski definition) is 7. The number of likely N-dealkylation sites (N-methyl/N-ethyl adjacent to an activating group) is 1. The van der Waals surface area contributed by atoms with Crippen molar-refractivity contribution in [2.24, 2.45) is 0 Å². The Balaban J connectivity index is 3.84. The van der Waals surface area contributed by atoms with Crippen molar-refractivity contribution in [1.82, 2.24) is 0 Å². The molecule has 0 fully saturated rings. The molecule has 0 bridgehead atoms. The van der Waals surface area contributed by atoms with Crippen LogP contribution in [0.4, 0.5) is 0 Å². The van der Waals surface area contributed by atoms with Gasteiger partial charge in [-0.05, 0) is 44.9 Å². The monoisotopic (exact) mass is 1510 g/mol. The average molecular weight is 1510 g/mol. The number of carbonyl (C=O) groups excluding carboxylic acids is 2. The van der Waals surface area contributed by atoms with E-state index >= 15 is 0 Å². The molecule has 0 aliphatic heterocycles. The Bertz CT molecular complexity index is 1810. The lowest BCUT2D eigenvalue weighted by Crippen LogP contribution is -2.40. The molecule has 0 aliphatic carbocycles. The van der Waals surface area contributed by atoms with Crippen molar-refractivity contribution in [3.63, 3.8) is 0 Å². The molecule has 0 aromatic heterocycles. The third-order valence-corrected chi connectivity index (χ3v) is 22.7. The number of quaternary nitrogens is 1. The summed E-state index contributed by atoms with van der Waals surface area (Å²) in [5.41, 5.74) is 0. The Kier molecular flexibility index (Phi) is 87.5. The zero-order valence-corrected chi connectivity index (χ0v) is 73.1. The van der Waals surface area contributed by atoms with Gasteiger partial charge in [-0.1, -0.05) is 494 Å². The summed E-state index contributed by atoms with van der Waals surface area (Å²) >= 11 is 0. The summed E-state index contributed by atoms with van der Waals surface area (Å²) in [6.07, 6.45) is 114. The molecule has 0 spiro atoms. The molecule has 0 heterocycles. The van der Waals surface area contributed by atoms with Gasteiger partial charge in [-0.2, -0.15) is 0 Å². The Labute approximate surface area is 668 Å². The van der Waals surface area contributed by atoms with Crippen LogP contribution >= 0.6 is 0 Å². The fraction of sp³-hybridized carbons (Fsp3) is 0.929. The molecule has 9 nitrogen and oxygen atoms in total. The van der Waals surface area contributed by atoms with E-state index in [1.807, 2.05) is 21.1 Å². The standard InChI is InChI=1S/C98H189NO8/c1-6-8-10-12-14-16-18-20-22-24-26-28-30-32-34-36-38-40-42-44-46-48-50-52-54-56-58-60-62-64-66-68-70-72-74-76-78-80-82-84-86-88-95(100)105-92-94(93-106-98(97(102)103)104-91-90-99(3,4)5)107-96(101)89-87-85-83-81-79-77-75-73-71-69-67-65-63-61-59-57-55-53-51-49-47-45-43-41-39-37-35-33-31-29-27-25-23-21-19-17-15-13-11-9-7-2/h19,21,25,27,94,98H,6-18,20,22-24,26,28-93H2,1-5H3/p+1/b21-19-,27-25-. The highest BCUT2D eigenvalue weighted by atomic mass is 16.7. The number of rotatable bonds is 93. The van der Waals surface area contributed by atoms with E-state index < -0.39 is 18.4 Å². The van der Waals surface area contributed by atoms with Crippen LogP contribution in [-0.2, 0) is 33.3 Å². The quantitative estimate of drug-likeness (QED) is 0.0211. The first-order chi connectivity index (χ1) is 52.6. The lowest BCUT2D eigenvalue weighted by Gasteiger charge is -2.25. The number of esters is 2. The van der Waals surface area contributed by atoms with Crippen LogP contribution < -0.4 is 0 Å². The highest BCUT2D eigenvalue weighted by molar-refractivity contribution is 5.71.